The van der Waals surface area contributed by atoms with Crippen LogP contribution in [0.5, 0.6) is 0 Å². The average molecular weight is 248 g/mol. The van der Waals surface area contributed by atoms with Crippen LogP contribution in [0, 0.1) is 5.41 Å². The highest BCUT2D eigenvalue weighted by atomic mass is 16.3. The van der Waals surface area contributed by atoms with E-state index in [1.165, 1.54) is 11.1 Å². The van der Waals surface area contributed by atoms with Crippen LogP contribution in [-0.2, 0) is 11.8 Å². The van der Waals surface area contributed by atoms with E-state index in [-0.39, 0.29) is 10.8 Å². The van der Waals surface area contributed by atoms with E-state index in [4.69, 9.17) is 0 Å². The Hall–Kier alpha value is -0.820. The van der Waals surface area contributed by atoms with Crippen LogP contribution in [0.15, 0.2) is 24.3 Å². The third-order valence-electron chi connectivity index (χ3n) is 3.98. The molecule has 0 aliphatic rings. The van der Waals surface area contributed by atoms with Gasteiger partial charge in [-0.05, 0) is 28.9 Å². The van der Waals surface area contributed by atoms with Gasteiger partial charge in [-0.2, -0.15) is 0 Å². The van der Waals surface area contributed by atoms with Gasteiger partial charge in [0, 0.05) is 6.42 Å². The van der Waals surface area contributed by atoms with E-state index in [0.29, 0.717) is 6.42 Å². The van der Waals surface area contributed by atoms with Crippen LogP contribution in [0.4, 0.5) is 0 Å². The second-order valence-electron chi connectivity index (χ2n) is 7.65. The van der Waals surface area contributed by atoms with Crippen molar-refractivity contribution in [3.8, 4) is 0 Å². The molecule has 0 radical (unpaired) electrons. The number of rotatable bonds is 2. The topological polar surface area (TPSA) is 20.2 Å². The van der Waals surface area contributed by atoms with Crippen LogP contribution in [0.1, 0.15) is 59.6 Å². The Balaban J connectivity index is 2.89. The molecule has 1 aromatic carbocycles. The van der Waals surface area contributed by atoms with Crippen molar-refractivity contribution in [3.05, 3.63) is 35.4 Å². The Morgan fingerprint density at radius 1 is 0.833 bits per heavy atom. The molecule has 0 saturated heterocycles. The van der Waals surface area contributed by atoms with Crippen molar-refractivity contribution in [2.45, 2.75) is 65.9 Å². The van der Waals surface area contributed by atoms with Gasteiger partial charge in [0.25, 0.3) is 0 Å². The van der Waals surface area contributed by atoms with Crippen LogP contribution in [0.2, 0.25) is 0 Å². The van der Waals surface area contributed by atoms with Crippen LogP contribution in [0.3, 0.4) is 0 Å². The molecule has 0 aliphatic carbocycles. The van der Waals surface area contributed by atoms with Gasteiger partial charge in [-0.3, -0.25) is 0 Å². The van der Waals surface area contributed by atoms with Crippen LogP contribution in [0.25, 0.3) is 0 Å². The lowest BCUT2D eigenvalue weighted by molar-refractivity contribution is -0.0405. The second-order valence-corrected chi connectivity index (χ2v) is 7.65. The molecule has 1 atom stereocenters. The average Bonchev–Trinajstić information content (AvgIpc) is 2.14. The van der Waals surface area contributed by atoms with Gasteiger partial charge in [-0.15, -0.1) is 0 Å². The van der Waals surface area contributed by atoms with E-state index in [2.05, 4.69) is 65.8 Å². The molecule has 1 nitrogen and oxygen atoms in total. The lowest BCUT2D eigenvalue weighted by Gasteiger charge is -2.37. The highest BCUT2D eigenvalue weighted by Gasteiger charge is 2.35. The number of hydrogen-bond acceptors (Lipinski definition) is 1. The fourth-order valence-electron chi connectivity index (χ4n) is 1.79. The van der Waals surface area contributed by atoms with E-state index in [0.717, 1.165) is 0 Å². The lowest BCUT2D eigenvalue weighted by atomic mass is 9.74. The van der Waals surface area contributed by atoms with Gasteiger partial charge in [-0.1, -0.05) is 65.8 Å². The zero-order valence-electron chi connectivity index (χ0n) is 13.0. The fraction of sp³-hybridized carbons (Fsp3) is 0.647. The first-order valence-electron chi connectivity index (χ1n) is 6.75. The Bertz CT molecular complexity index is 385. The van der Waals surface area contributed by atoms with Crippen molar-refractivity contribution >= 4 is 0 Å². The molecule has 0 fully saturated rings. The summed E-state index contributed by atoms with van der Waals surface area (Å²) in [7, 11) is 0. The van der Waals surface area contributed by atoms with E-state index in [1.54, 1.807) is 0 Å². The first kappa shape index (κ1) is 15.2. The Kier molecular flexibility index (Phi) is 3.97. The predicted octanol–water partition coefficient (Wildman–Crippen LogP) is 4.32. The molecule has 1 unspecified atom stereocenters. The van der Waals surface area contributed by atoms with E-state index in [1.807, 2.05) is 6.92 Å². The molecule has 1 rings (SSSR count). The summed E-state index contributed by atoms with van der Waals surface area (Å²) in [4.78, 5) is 0. The van der Waals surface area contributed by atoms with Gasteiger partial charge in [0.05, 0.1) is 5.60 Å². The maximum Gasteiger partial charge on any atom is 0.0707 e. The highest BCUT2D eigenvalue weighted by molar-refractivity contribution is 5.28. The molecule has 1 heteroatoms. The number of aliphatic hydroxyl groups is 1. The summed E-state index contributed by atoms with van der Waals surface area (Å²) in [5, 5.41) is 10.5. The summed E-state index contributed by atoms with van der Waals surface area (Å²) in [5.74, 6) is 0. The summed E-state index contributed by atoms with van der Waals surface area (Å²) >= 11 is 0. The zero-order chi connectivity index (χ0) is 14.2. The molecule has 102 valence electrons. The standard InChI is InChI=1S/C17H28O/c1-15(2,3)14-10-8-13(9-11-14)12-17(7,18)16(4,5)6/h8-11,18H,12H2,1-7H3. The van der Waals surface area contributed by atoms with Gasteiger partial charge in [0.1, 0.15) is 0 Å². The third kappa shape index (κ3) is 3.58. The first-order valence-corrected chi connectivity index (χ1v) is 6.75. The van der Waals surface area contributed by atoms with Crippen LogP contribution >= 0.6 is 0 Å². The number of hydrogen-bond donors (Lipinski definition) is 1. The Morgan fingerprint density at radius 3 is 1.61 bits per heavy atom. The molecule has 0 bridgehead atoms. The molecule has 1 N–H and O–H groups in total. The summed E-state index contributed by atoms with van der Waals surface area (Å²) in [6.45, 7) is 14.8. The zero-order valence-corrected chi connectivity index (χ0v) is 13.0. The van der Waals surface area contributed by atoms with E-state index < -0.39 is 5.60 Å². The first-order chi connectivity index (χ1) is 7.93. The van der Waals surface area contributed by atoms with Gasteiger partial charge in [0.2, 0.25) is 0 Å². The minimum Gasteiger partial charge on any atom is -0.389 e. The van der Waals surface area contributed by atoms with Crippen molar-refractivity contribution in [3.63, 3.8) is 0 Å². The molecule has 0 amide bonds. The maximum atomic E-state index is 10.5. The Labute approximate surface area is 112 Å². The van der Waals surface area contributed by atoms with Crippen molar-refractivity contribution in [2.24, 2.45) is 5.41 Å². The van der Waals surface area contributed by atoms with Crippen molar-refractivity contribution in [2.75, 3.05) is 0 Å². The molecule has 0 aliphatic heterocycles. The fourth-order valence-corrected chi connectivity index (χ4v) is 1.79. The highest BCUT2D eigenvalue weighted by Crippen LogP contribution is 2.33. The molecule has 0 spiro atoms. The van der Waals surface area contributed by atoms with E-state index in [9.17, 15) is 5.11 Å². The smallest absolute Gasteiger partial charge is 0.0707 e. The minimum absolute atomic E-state index is 0.115. The second kappa shape index (κ2) is 4.70. The van der Waals surface area contributed by atoms with Crippen molar-refractivity contribution < 1.29 is 5.11 Å². The summed E-state index contributed by atoms with van der Waals surface area (Å²) in [5.41, 5.74) is 1.92. The molecule has 1 aromatic rings. The quantitative estimate of drug-likeness (QED) is 0.826. The Morgan fingerprint density at radius 2 is 1.28 bits per heavy atom. The molecule has 0 aromatic heterocycles. The van der Waals surface area contributed by atoms with Gasteiger partial charge in [0.15, 0.2) is 0 Å². The van der Waals surface area contributed by atoms with Crippen LogP contribution < -0.4 is 0 Å². The van der Waals surface area contributed by atoms with Gasteiger partial charge >= 0.3 is 0 Å². The summed E-state index contributed by atoms with van der Waals surface area (Å²) in [6.07, 6.45) is 0.695. The molecular formula is C17H28O. The van der Waals surface area contributed by atoms with Crippen LogP contribution in [-0.4, -0.2) is 10.7 Å². The predicted molar refractivity (Wildman–Crippen MR) is 78.9 cm³/mol. The SMILES string of the molecule is CC(C)(C)c1ccc(CC(C)(O)C(C)(C)C)cc1. The van der Waals surface area contributed by atoms with Crippen molar-refractivity contribution in [1.29, 1.82) is 0 Å². The molecule has 0 saturated carbocycles. The largest absolute Gasteiger partial charge is 0.389 e. The lowest BCUT2D eigenvalue weighted by Crippen LogP contribution is -2.41. The molecular weight excluding hydrogens is 220 g/mol. The number of benzene rings is 1. The van der Waals surface area contributed by atoms with Gasteiger partial charge in [-0.25, -0.2) is 0 Å². The third-order valence-corrected chi connectivity index (χ3v) is 3.98. The normalized spacial score (nSPS) is 16.4. The van der Waals surface area contributed by atoms with Gasteiger partial charge < -0.3 is 5.11 Å². The maximum absolute atomic E-state index is 10.5. The van der Waals surface area contributed by atoms with E-state index >= 15 is 0 Å². The van der Waals surface area contributed by atoms with Crippen molar-refractivity contribution in [1.82, 2.24) is 0 Å². The summed E-state index contributed by atoms with van der Waals surface area (Å²) in [6, 6.07) is 8.63. The molecule has 18 heavy (non-hydrogen) atoms. The molecule has 0 heterocycles. The minimum atomic E-state index is -0.684. The summed E-state index contributed by atoms with van der Waals surface area (Å²) < 4.78 is 0. The monoisotopic (exact) mass is 248 g/mol.